The van der Waals surface area contributed by atoms with Crippen LogP contribution in [0.1, 0.15) is 34.3 Å². The van der Waals surface area contributed by atoms with Crippen molar-refractivity contribution in [1.29, 1.82) is 0 Å². The van der Waals surface area contributed by atoms with Crippen molar-refractivity contribution in [3.63, 3.8) is 0 Å². The van der Waals surface area contributed by atoms with Crippen LogP contribution in [0.25, 0.3) is 0 Å². The summed E-state index contributed by atoms with van der Waals surface area (Å²) in [6.07, 6.45) is -1.77. The van der Waals surface area contributed by atoms with Crippen molar-refractivity contribution in [1.82, 2.24) is 9.97 Å². The second kappa shape index (κ2) is 7.54. The highest BCUT2D eigenvalue weighted by molar-refractivity contribution is 7.99. The Labute approximate surface area is 166 Å². The van der Waals surface area contributed by atoms with E-state index in [4.69, 9.17) is 0 Å². The normalized spacial score (nSPS) is 17.3. The first-order chi connectivity index (χ1) is 13.4. The highest BCUT2D eigenvalue weighted by Gasteiger charge is 2.31. The highest BCUT2D eigenvalue weighted by Crippen LogP contribution is 2.46. The fourth-order valence-corrected chi connectivity index (χ4v) is 4.75. The van der Waals surface area contributed by atoms with Gasteiger partial charge >= 0.3 is 6.18 Å². The molecule has 0 fully saturated rings. The number of nitrogens with zero attached hydrogens (tertiary/aromatic N) is 2. The fraction of sp³-hybridized carbons (Fsp3) is 0.286. The lowest BCUT2D eigenvalue weighted by Crippen LogP contribution is -2.24. The van der Waals surface area contributed by atoms with E-state index in [0.29, 0.717) is 12.1 Å². The Morgan fingerprint density at radius 2 is 2.00 bits per heavy atom. The van der Waals surface area contributed by atoms with Gasteiger partial charge in [-0.25, -0.2) is 4.98 Å². The monoisotopic (exact) mass is 403 g/mol. The fourth-order valence-electron chi connectivity index (χ4n) is 3.47. The van der Waals surface area contributed by atoms with Gasteiger partial charge in [0.25, 0.3) is 0 Å². The van der Waals surface area contributed by atoms with Gasteiger partial charge in [-0.1, -0.05) is 30.3 Å². The standard InChI is InChI=1S/C21H20F3N3S/c1-14-12-25-20(26-14)13-27-10-9-18(28-19-8-3-2-7-17(19)27)15-5-4-6-16(11-15)21(22,23)24/h2-8,11-12,18H,9-10,13H2,1H3,(H,25,26). The Kier molecular flexibility index (Phi) is 5.10. The maximum atomic E-state index is 13.1. The highest BCUT2D eigenvalue weighted by atomic mass is 32.2. The molecule has 2 aromatic carbocycles. The summed E-state index contributed by atoms with van der Waals surface area (Å²) in [4.78, 5) is 11.0. The van der Waals surface area contributed by atoms with Gasteiger partial charge in [0.05, 0.1) is 17.8 Å². The molecule has 1 unspecified atom stereocenters. The van der Waals surface area contributed by atoms with Crippen LogP contribution in [0.2, 0.25) is 0 Å². The molecule has 0 amide bonds. The maximum absolute atomic E-state index is 13.1. The third kappa shape index (κ3) is 4.04. The van der Waals surface area contributed by atoms with Crippen molar-refractivity contribution < 1.29 is 13.2 Å². The quantitative estimate of drug-likeness (QED) is 0.584. The number of aromatic nitrogens is 2. The molecular formula is C21H20F3N3S. The number of para-hydroxylation sites is 1. The maximum Gasteiger partial charge on any atom is 0.416 e. The number of hydrogen-bond donors (Lipinski definition) is 1. The third-order valence-corrected chi connectivity index (χ3v) is 6.21. The van der Waals surface area contributed by atoms with Crippen LogP contribution in [-0.2, 0) is 12.7 Å². The second-order valence-electron chi connectivity index (χ2n) is 6.92. The van der Waals surface area contributed by atoms with Crippen LogP contribution in [-0.4, -0.2) is 16.5 Å². The van der Waals surface area contributed by atoms with Crippen molar-refractivity contribution >= 4 is 17.4 Å². The number of imidazole rings is 1. The molecule has 7 heteroatoms. The van der Waals surface area contributed by atoms with Gasteiger partial charge in [0.2, 0.25) is 0 Å². The molecule has 3 aromatic rings. The van der Waals surface area contributed by atoms with Crippen molar-refractivity contribution in [2.24, 2.45) is 0 Å². The Morgan fingerprint density at radius 3 is 2.75 bits per heavy atom. The van der Waals surface area contributed by atoms with Gasteiger partial charge in [0, 0.05) is 28.6 Å². The third-order valence-electron chi connectivity index (χ3n) is 4.82. The van der Waals surface area contributed by atoms with Gasteiger partial charge in [0.15, 0.2) is 0 Å². The number of aryl methyl sites for hydroxylation is 1. The van der Waals surface area contributed by atoms with Crippen molar-refractivity contribution in [3.05, 3.63) is 77.4 Å². The number of benzene rings is 2. The summed E-state index contributed by atoms with van der Waals surface area (Å²) < 4.78 is 39.4. The molecule has 1 aromatic heterocycles. The number of nitrogens with one attached hydrogen (secondary N) is 1. The zero-order chi connectivity index (χ0) is 19.7. The number of fused-ring (bicyclic) bond motifs is 1. The van der Waals surface area contributed by atoms with Crippen molar-refractivity contribution in [2.75, 3.05) is 11.4 Å². The molecule has 4 rings (SSSR count). The first-order valence-corrected chi connectivity index (χ1v) is 9.96. The molecule has 0 bridgehead atoms. The number of halogens is 3. The first-order valence-electron chi connectivity index (χ1n) is 9.08. The number of H-pyrrole nitrogens is 1. The molecule has 1 aliphatic heterocycles. The van der Waals surface area contributed by atoms with Gasteiger partial charge in [-0.15, -0.1) is 11.8 Å². The number of anilines is 1. The molecule has 1 atom stereocenters. The minimum absolute atomic E-state index is 0.0354. The van der Waals surface area contributed by atoms with Crippen LogP contribution in [0.5, 0.6) is 0 Å². The predicted octanol–water partition coefficient (Wildman–Crippen LogP) is 5.98. The molecular weight excluding hydrogens is 383 g/mol. The van der Waals surface area contributed by atoms with Gasteiger partial charge in [-0.05, 0) is 37.1 Å². The van der Waals surface area contributed by atoms with Crippen LogP contribution in [0, 0.1) is 6.92 Å². The Hall–Kier alpha value is -2.41. The van der Waals surface area contributed by atoms with Crippen LogP contribution >= 0.6 is 11.8 Å². The molecule has 28 heavy (non-hydrogen) atoms. The molecule has 0 spiro atoms. The molecule has 1 N–H and O–H groups in total. The Balaban J connectivity index is 1.63. The number of hydrogen-bond acceptors (Lipinski definition) is 3. The smallest absolute Gasteiger partial charge is 0.363 e. The molecule has 146 valence electrons. The lowest BCUT2D eigenvalue weighted by atomic mass is 10.1. The average molecular weight is 403 g/mol. The minimum Gasteiger partial charge on any atom is -0.363 e. The van der Waals surface area contributed by atoms with E-state index >= 15 is 0 Å². The number of alkyl halides is 3. The molecule has 0 radical (unpaired) electrons. The van der Waals surface area contributed by atoms with E-state index in [1.165, 1.54) is 12.1 Å². The van der Waals surface area contributed by atoms with Gasteiger partial charge in [-0.3, -0.25) is 0 Å². The number of thioether (sulfide) groups is 1. The topological polar surface area (TPSA) is 31.9 Å². The molecule has 0 aliphatic carbocycles. The van der Waals surface area contributed by atoms with E-state index in [-0.39, 0.29) is 5.25 Å². The SMILES string of the molecule is Cc1cnc(CN2CCC(c3cccc(C(F)(F)F)c3)Sc3ccccc32)[nH]1. The predicted molar refractivity (Wildman–Crippen MR) is 105 cm³/mol. The summed E-state index contributed by atoms with van der Waals surface area (Å²) in [5, 5.41) is -0.0354. The largest absolute Gasteiger partial charge is 0.416 e. The minimum atomic E-state index is -4.33. The lowest BCUT2D eigenvalue weighted by molar-refractivity contribution is -0.137. The van der Waals surface area contributed by atoms with E-state index in [2.05, 4.69) is 20.9 Å². The van der Waals surface area contributed by atoms with Gasteiger partial charge in [0.1, 0.15) is 5.82 Å². The number of aromatic amines is 1. The molecule has 1 aliphatic rings. The van der Waals surface area contributed by atoms with E-state index in [1.54, 1.807) is 24.0 Å². The lowest BCUT2D eigenvalue weighted by Gasteiger charge is -2.23. The van der Waals surface area contributed by atoms with E-state index in [1.807, 2.05) is 25.1 Å². The summed E-state index contributed by atoms with van der Waals surface area (Å²) >= 11 is 1.63. The van der Waals surface area contributed by atoms with Crippen LogP contribution in [0.15, 0.2) is 59.6 Å². The van der Waals surface area contributed by atoms with E-state index in [0.717, 1.165) is 41.1 Å². The summed E-state index contributed by atoms with van der Waals surface area (Å²) in [5.41, 5.74) is 2.22. The summed E-state index contributed by atoms with van der Waals surface area (Å²) in [7, 11) is 0. The van der Waals surface area contributed by atoms with E-state index in [9.17, 15) is 13.2 Å². The number of rotatable bonds is 3. The van der Waals surface area contributed by atoms with Gasteiger partial charge in [-0.2, -0.15) is 13.2 Å². The molecule has 0 saturated heterocycles. The molecule has 2 heterocycles. The summed E-state index contributed by atoms with van der Waals surface area (Å²) in [6.45, 7) is 3.35. The zero-order valence-electron chi connectivity index (χ0n) is 15.3. The van der Waals surface area contributed by atoms with Crippen LogP contribution < -0.4 is 4.90 Å². The first kappa shape index (κ1) is 18.9. The zero-order valence-corrected chi connectivity index (χ0v) is 16.1. The van der Waals surface area contributed by atoms with Crippen LogP contribution in [0.3, 0.4) is 0 Å². The second-order valence-corrected chi connectivity index (χ2v) is 8.17. The van der Waals surface area contributed by atoms with Crippen molar-refractivity contribution in [2.45, 2.75) is 36.2 Å². The molecule has 0 saturated carbocycles. The van der Waals surface area contributed by atoms with Crippen LogP contribution in [0.4, 0.5) is 18.9 Å². The van der Waals surface area contributed by atoms with Crippen molar-refractivity contribution in [3.8, 4) is 0 Å². The summed E-state index contributed by atoms with van der Waals surface area (Å²) in [5.74, 6) is 0.884. The van der Waals surface area contributed by atoms with E-state index < -0.39 is 11.7 Å². The Bertz CT molecular complexity index is 967. The summed E-state index contributed by atoms with van der Waals surface area (Å²) in [6, 6.07) is 13.8. The molecule has 3 nitrogen and oxygen atoms in total. The Morgan fingerprint density at radius 1 is 1.18 bits per heavy atom. The average Bonchev–Trinajstić information content (AvgIpc) is 2.99. The van der Waals surface area contributed by atoms with Gasteiger partial charge < -0.3 is 9.88 Å².